The molecule has 32 heavy (non-hydrogen) atoms. The Morgan fingerprint density at radius 2 is 1.91 bits per heavy atom. The Balaban J connectivity index is 1.75. The van der Waals surface area contributed by atoms with Crippen molar-refractivity contribution in [1.82, 2.24) is 35.0 Å². The molecule has 1 unspecified atom stereocenters. The van der Waals surface area contributed by atoms with Crippen LogP contribution in [0.2, 0.25) is 0 Å². The smallest absolute Gasteiger partial charge is 0.252 e. The number of fused-ring (bicyclic) bond motifs is 1. The predicted molar refractivity (Wildman–Crippen MR) is 122 cm³/mol. The number of aromatic amines is 1. The van der Waals surface area contributed by atoms with Crippen LogP contribution in [0.4, 0.5) is 5.95 Å². The van der Waals surface area contributed by atoms with Gasteiger partial charge in [-0.15, -0.1) is 0 Å². The second-order valence-electron chi connectivity index (χ2n) is 8.07. The molecule has 0 fully saturated rings. The molecule has 0 aliphatic carbocycles. The summed E-state index contributed by atoms with van der Waals surface area (Å²) in [6.45, 7) is 7.93. The largest absolute Gasteiger partial charge is 0.374 e. The topological polar surface area (TPSA) is 148 Å². The number of nitrogens with one attached hydrogen (secondary N) is 2. The van der Waals surface area contributed by atoms with Crippen LogP contribution in [-0.4, -0.2) is 34.8 Å². The van der Waals surface area contributed by atoms with E-state index in [1.54, 1.807) is 29.3 Å². The third-order valence-electron chi connectivity index (χ3n) is 5.32. The Hall–Kier alpha value is -3.63. The molecule has 0 saturated heterocycles. The summed E-state index contributed by atoms with van der Waals surface area (Å²) in [5.74, 6) is 0.169. The fourth-order valence-electron chi connectivity index (χ4n) is 3.67. The van der Waals surface area contributed by atoms with Crippen LogP contribution in [0.25, 0.3) is 22.3 Å². The Morgan fingerprint density at radius 3 is 2.56 bits per heavy atom. The third-order valence-corrected chi connectivity index (χ3v) is 5.32. The van der Waals surface area contributed by atoms with Gasteiger partial charge in [-0.2, -0.15) is 5.10 Å². The number of pyridine rings is 2. The van der Waals surface area contributed by atoms with E-state index in [1.165, 1.54) is 0 Å². The summed E-state index contributed by atoms with van der Waals surface area (Å²) in [6.07, 6.45) is 3.81. The number of rotatable bonds is 6. The van der Waals surface area contributed by atoms with E-state index in [-0.39, 0.29) is 24.1 Å². The molecule has 0 bridgehead atoms. The van der Waals surface area contributed by atoms with Crippen LogP contribution in [0.1, 0.15) is 48.5 Å². The van der Waals surface area contributed by atoms with Gasteiger partial charge in [0.25, 0.3) is 5.56 Å². The lowest BCUT2D eigenvalue weighted by atomic mass is 10.1. The number of aliphatic hydroxyl groups is 1. The third kappa shape index (κ3) is 4.10. The van der Waals surface area contributed by atoms with Gasteiger partial charge in [0.2, 0.25) is 5.95 Å². The van der Waals surface area contributed by atoms with E-state index < -0.39 is 6.23 Å². The number of hydrogen-bond donors (Lipinski definition) is 4. The predicted octanol–water partition coefficient (Wildman–Crippen LogP) is 2.14. The average molecular weight is 435 g/mol. The van der Waals surface area contributed by atoms with Crippen molar-refractivity contribution in [3.8, 4) is 11.3 Å². The maximum absolute atomic E-state index is 12.3. The van der Waals surface area contributed by atoms with Crippen molar-refractivity contribution in [2.24, 2.45) is 0 Å². The van der Waals surface area contributed by atoms with Crippen LogP contribution in [-0.2, 0) is 6.54 Å². The van der Waals surface area contributed by atoms with Crippen LogP contribution in [0, 0.1) is 13.8 Å². The quantitative estimate of drug-likeness (QED) is 0.337. The highest BCUT2D eigenvalue weighted by molar-refractivity contribution is 5.82. The normalized spacial score (nSPS) is 12.6. The molecule has 4 aromatic heterocycles. The van der Waals surface area contributed by atoms with E-state index in [4.69, 9.17) is 10.7 Å². The highest BCUT2D eigenvalue weighted by atomic mass is 16.3. The Kier molecular flexibility index (Phi) is 5.72. The molecule has 4 rings (SSSR count). The highest BCUT2D eigenvalue weighted by Gasteiger charge is 2.19. The van der Waals surface area contributed by atoms with E-state index in [9.17, 15) is 9.90 Å². The van der Waals surface area contributed by atoms with Crippen molar-refractivity contribution in [1.29, 1.82) is 0 Å². The van der Waals surface area contributed by atoms with Gasteiger partial charge in [0.1, 0.15) is 6.23 Å². The number of nitrogens with zero attached hydrogens (tertiary/aromatic N) is 5. The molecule has 0 radical (unpaired) electrons. The van der Waals surface area contributed by atoms with E-state index in [2.05, 4.69) is 25.4 Å². The summed E-state index contributed by atoms with van der Waals surface area (Å²) in [5, 5.41) is 19.3. The number of anilines is 1. The van der Waals surface area contributed by atoms with Crippen LogP contribution >= 0.6 is 0 Å². The zero-order valence-electron chi connectivity index (χ0n) is 18.4. The lowest BCUT2D eigenvalue weighted by Crippen LogP contribution is -2.26. The van der Waals surface area contributed by atoms with Crippen LogP contribution in [0.5, 0.6) is 0 Å². The number of hydrogen-bond acceptors (Lipinski definition) is 8. The van der Waals surface area contributed by atoms with Crippen molar-refractivity contribution < 1.29 is 5.11 Å². The average Bonchev–Trinajstić information content (AvgIpc) is 3.17. The van der Waals surface area contributed by atoms with Gasteiger partial charge in [-0.25, -0.2) is 19.6 Å². The van der Waals surface area contributed by atoms with Gasteiger partial charge >= 0.3 is 0 Å². The van der Waals surface area contributed by atoms with Crippen molar-refractivity contribution in [3.05, 3.63) is 63.5 Å². The molecule has 4 aromatic rings. The molecule has 1 atom stereocenters. The zero-order chi connectivity index (χ0) is 23.0. The second-order valence-corrected chi connectivity index (χ2v) is 8.07. The first-order valence-electron chi connectivity index (χ1n) is 10.3. The fourth-order valence-corrected chi connectivity index (χ4v) is 3.67. The SMILES string of the molecule is Cc1cc(C)c(CNC(O)c2cc(-c3cnc(N)nc3)nc3c2cnn3C(C)C)c(=O)[nH]1. The fraction of sp³-hybridized carbons (Fsp3) is 0.318. The van der Waals surface area contributed by atoms with Gasteiger partial charge in [0, 0.05) is 52.8 Å². The summed E-state index contributed by atoms with van der Waals surface area (Å²) >= 11 is 0. The molecular weight excluding hydrogens is 408 g/mol. The molecule has 0 aliphatic rings. The van der Waals surface area contributed by atoms with Crippen LogP contribution in [0.3, 0.4) is 0 Å². The molecular formula is C22H26N8O2. The molecule has 4 heterocycles. The standard InChI is InChI=1S/C22H26N8O2/c1-11(2)30-19-17(10-27-30)15(6-18(29-19)14-7-25-22(23)26-8-14)20(31)24-9-16-12(3)5-13(4)28-21(16)32/h5-8,10-11,20,24,31H,9H2,1-4H3,(H,28,32)(H2,23,25,26). The number of H-pyrrole nitrogens is 1. The van der Waals surface area contributed by atoms with Gasteiger partial charge in [0.15, 0.2) is 5.65 Å². The van der Waals surface area contributed by atoms with E-state index in [0.717, 1.165) is 11.3 Å². The minimum absolute atomic E-state index is 0.0737. The van der Waals surface area contributed by atoms with Crippen LogP contribution in [0.15, 0.2) is 35.5 Å². The zero-order valence-corrected chi connectivity index (χ0v) is 18.4. The number of aliphatic hydroxyl groups excluding tert-OH is 1. The molecule has 0 aliphatic heterocycles. The Morgan fingerprint density at radius 1 is 1.19 bits per heavy atom. The van der Waals surface area contributed by atoms with Gasteiger partial charge < -0.3 is 15.8 Å². The minimum atomic E-state index is -1.06. The lowest BCUT2D eigenvalue weighted by molar-refractivity contribution is 0.138. The van der Waals surface area contributed by atoms with Gasteiger partial charge in [-0.1, -0.05) is 0 Å². The van der Waals surface area contributed by atoms with Crippen molar-refractivity contribution in [3.63, 3.8) is 0 Å². The first kappa shape index (κ1) is 21.6. The molecule has 10 nitrogen and oxygen atoms in total. The lowest BCUT2D eigenvalue weighted by Gasteiger charge is -2.17. The van der Waals surface area contributed by atoms with Crippen LogP contribution < -0.4 is 16.6 Å². The van der Waals surface area contributed by atoms with Gasteiger partial charge in [0.05, 0.1) is 11.9 Å². The second kappa shape index (κ2) is 8.48. The molecule has 166 valence electrons. The van der Waals surface area contributed by atoms with Crippen molar-refractivity contribution in [2.45, 2.75) is 46.5 Å². The molecule has 10 heteroatoms. The highest BCUT2D eigenvalue weighted by Crippen LogP contribution is 2.29. The monoisotopic (exact) mass is 434 g/mol. The van der Waals surface area contributed by atoms with Crippen molar-refractivity contribution in [2.75, 3.05) is 5.73 Å². The number of aryl methyl sites for hydroxylation is 2. The molecule has 5 N–H and O–H groups in total. The number of nitrogens with two attached hydrogens (primary N) is 1. The molecule has 0 aromatic carbocycles. The number of aromatic nitrogens is 6. The molecule has 0 spiro atoms. The first-order chi connectivity index (χ1) is 15.2. The maximum atomic E-state index is 12.3. The van der Waals surface area contributed by atoms with Gasteiger partial charge in [-0.3, -0.25) is 10.1 Å². The number of nitrogen functional groups attached to an aromatic ring is 1. The Bertz CT molecular complexity index is 1320. The first-order valence-corrected chi connectivity index (χ1v) is 10.3. The van der Waals surface area contributed by atoms with E-state index >= 15 is 0 Å². The molecule has 0 amide bonds. The molecule has 0 saturated carbocycles. The summed E-state index contributed by atoms with van der Waals surface area (Å²) in [6, 6.07) is 3.75. The summed E-state index contributed by atoms with van der Waals surface area (Å²) in [7, 11) is 0. The Labute approximate surface area is 184 Å². The van der Waals surface area contributed by atoms with E-state index in [1.807, 2.05) is 33.8 Å². The maximum Gasteiger partial charge on any atom is 0.252 e. The van der Waals surface area contributed by atoms with Crippen molar-refractivity contribution >= 4 is 17.0 Å². The van der Waals surface area contributed by atoms with E-state index in [0.29, 0.717) is 33.4 Å². The minimum Gasteiger partial charge on any atom is -0.374 e. The summed E-state index contributed by atoms with van der Waals surface area (Å²) in [5.41, 5.74) is 10.1. The summed E-state index contributed by atoms with van der Waals surface area (Å²) in [4.78, 5) is 28.0. The van der Waals surface area contributed by atoms with Gasteiger partial charge in [-0.05, 0) is 45.4 Å². The summed E-state index contributed by atoms with van der Waals surface area (Å²) < 4.78 is 1.79.